The fourth-order valence-electron chi connectivity index (χ4n) is 3.78. The number of morpholine rings is 1. The number of amides is 4. The summed E-state index contributed by atoms with van der Waals surface area (Å²) < 4.78 is 5.12. The molecule has 0 aliphatic carbocycles. The largest absolute Gasteiger partial charge is 0.388 e. The molecule has 11 heteroatoms. The Morgan fingerprint density at radius 3 is 2.30 bits per heavy atom. The first kappa shape index (κ1) is 23.0. The number of benzene rings is 2. The number of nitrogens with zero attached hydrogens (tertiary/aromatic N) is 2. The quantitative estimate of drug-likeness (QED) is 0.528. The summed E-state index contributed by atoms with van der Waals surface area (Å²) in [5.41, 5.74) is 1.53. The highest BCUT2D eigenvalue weighted by Crippen LogP contribution is 2.24. The van der Waals surface area contributed by atoms with Crippen LogP contribution < -0.4 is 15.5 Å². The zero-order valence-corrected chi connectivity index (χ0v) is 18.2. The first-order chi connectivity index (χ1) is 15.8. The van der Waals surface area contributed by atoms with Crippen LogP contribution in [0.2, 0.25) is 5.02 Å². The van der Waals surface area contributed by atoms with Crippen LogP contribution in [0.15, 0.2) is 48.5 Å². The van der Waals surface area contributed by atoms with Crippen LogP contribution in [0.5, 0.6) is 0 Å². The van der Waals surface area contributed by atoms with Gasteiger partial charge < -0.3 is 35.4 Å². The molecule has 0 radical (unpaired) electrons. The minimum atomic E-state index is -1.45. The molecule has 2 aromatic rings. The number of ether oxygens (including phenoxy) is 1. The molecule has 0 bridgehead atoms. The normalized spacial score (nSPS) is 22.9. The smallest absolute Gasteiger partial charge is 0.322 e. The summed E-state index contributed by atoms with van der Waals surface area (Å²) in [6.07, 6.45) is -2.72. The van der Waals surface area contributed by atoms with Crippen molar-refractivity contribution in [3.05, 3.63) is 53.6 Å². The molecule has 174 valence electrons. The molecule has 0 aromatic heterocycles. The predicted octanol–water partition coefficient (Wildman–Crippen LogP) is 1.28. The van der Waals surface area contributed by atoms with E-state index in [1.165, 1.54) is 0 Å². The van der Waals surface area contributed by atoms with Gasteiger partial charge in [0.2, 0.25) is 5.91 Å². The van der Waals surface area contributed by atoms with E-state index >= 15 is 0 Å². The van der Waals surface area contributed by atoms with Gasteiger partial charge in [-0.05, 0) is 48.5 Å². The summed E-state index contributed by atoms with van der Waals surface area (Å²) in [5, 5.41) is 26.2. The highest BCUT2D eigenvalue weighted by Gasteiger charge is 2.46. The third-order valence-electron chi connectivity index (χ3n) is 5.49. The predicted molar refractivity (Wildman–Crippen MR) is 121 cm³/mol. The van der Waals surface area contributed by atoms with Crippen LogP contribution >= 0.6 is 11.6 Å². The molecule has 2 heterocycles. The van der Waals surface area contributed by atoms with E-state index in [2.05, 4.69) is 10.6 Å². The van der Waals surface area contributed by atoms with Gasteiger partial charge in [-0.25, -0.2) is 4.79 Å². The van der Waals surface area contributed by atoms with Crippen LogP contribution in [0, 0.1) is 0 Å². The first-order valence-electron chi connectivity index (χ1n) is 10.3. The first-order valence-corrected chi connectivity index (χ1v) is 10.7. The number of urea groups is 1. The van der Waals surface area contributed by atoms with Crippen molar-refractivity contribution in [1.29, 1.82) is 0 Å². The number of hydrogen-bond donors (Lipinski definition) is 4. The second-order valence-corrected chi connectivity index (χ2v) is 8.16. The summed E-state index contributed by atoms with van der Waals surface area (Å²) in [5.74, 6) is -0.802. The number of rotatable bonds is 4. The number of halogens is 1. The molecular formula is C22H23ClN4O6. The number of hydrogen-bond acceptors (Lipinski definition) is 6. The van der Waals surface area contributed by atoms with E-state index in [-0.39, 0.29) is 19.1 Å². The van der Waals surface area contributed by atoms with Crippen LogP contribution in [-0.2, 0) is 14.3 Å². The average molecular weight is 475 g/mol. The maximum Gasteiger partial charge on any atom is 0.322 e. The van der Waals surface area contributed by atoms with Gasteiger partial charge in [0.1, 0.15) is 24.9 Å². The van der Waals surface area contributed by atoms with Crippen LogP contribution in [0.25, 0.3) is 0 Å². The SMILES string of the molecule is O=C(Nc1ccc(N2CCOCC2=O)cc1)[C@H]1[C@H](O)[C@H](O)CN1C(=O)Nc1ccc(Cl)cc1. The maximum absolute atomic E-state index is 12.9. The lowest BCUT2D eigenvalue weighted by Crippen LogP contribution is -2.49. The zero-order valence-electron chi connectivity index (χ0n) is 17.5. The average Bonchev–Trinajstić information content (AvgIpc) is 3.11. The van der Waals surface area contributed by atoms with Gasteiger partial charge in [0, 0.05) is 28.6 Å². The lowest BCUT2D eigenvalue weighted by Gasteiger charge is -2.27. The minimum absolute atomic E-state index is 0.0221. The van der Waals surface area contributed by atoms with Crippen LogP contribution in [0.4, 0.5) is 21.9 Å². The Morgan fingerprint density at radius 2 is 1.64 bits per heavy atom. The Bertz CT molecular complexity index is 1030. The maximum atomic E-state index is 12.9. The number of aliphatic hydroxyl groups excluding tert-OH is 2. The zero-order chi connectivity index (χ0) is 23.5. The van der Waals surface area contributed by atoms with E-state index < -0.39 is 30.2 Å². The van der Waals surface area contributed by atoms with Crippen molar-refractivity contribution in [2.45, 2.75) is 18.2 Å². The third kappa shape index (κ3) is 5.09. The molecule has 2 aliphatic rings. The molecule has 3 atom stereocenters. The molecule has 2 aromatic carbocycles. The monoisotopic (exact) mass is 474 g/mol. The lowest BCUT2D eigenvalue weighted by atomic mass is 10.1. The molecule has 10 nitrogen and oxygen atoms in total. The van der Waals surface area contributed by atoms with Crippen molar-refractivity contribution in [2.75, 3.05) is 41.8 Å². The van der Waals surface area contributed by atoms with E-state index in [0.717, 1.165) is 4.90 Å². The second-order valence-electron chi connectivity index (χ2n) is 7.73. The summed E-state index contributed by atoms with van der Waals surface area (Å²) in [7, 11) is 0. The number of β-amino-alcohol motifs (C(OH)–C–C–N with tert-alkyl or cyclic N) is 1. The van der Waals surface area contributed by atoms with E-state index in [1.54, 1.807) is 53.4 Å². The molecule has 33 heavy (non-hydrogen) atoms. The summed E-state index contributed by atoms with van der Waals surface area (Å²) in [4.78, 5) is 40.3. The van der Waals surface area contributed by atoms with E-state index in [1.807, 2.05) is 0 Å². The topological polar surface area (TPSA) is 131 Å². The highest BCUT2D eigenvalue weighted by molar-refractivity contribution is 6.30. The van der Waals surface area contributed by atoms with Gasteiger partial charge in [0.25, 0.3) is 5.91 Å². The van der Waals surface area contributed by atoms with Crippen molar-refractivity contribution in [2.24, 2.45) is 0 Å². The van der Waals surface area contributed by atoms with Crippen molar-refractivity contribution in [1.82, 2.24) is 4.90 Å². The number of carbonyl (C=O) groups excluding carboxylic acids is 3. The highest BCUT2D eigenvalue weighted by atomic mass is 35.5. The summed E-state index contributed by atoms with van der Waals surface area (Å²) in [6, 6.07) is 11.1. The molecule has 0 saturated carbocycles. The number of carbonyl (C=O) groups is 3. The lowest BCUT2D eigenvalue weighted by molar-refractivity contribution is -0.125. The van der Waals surface area contributed by atoms with E-state index in [0.29, 0.717) is 35.2 Å². The number of aliphatic hydroxyl groups is 2. The third-order valence-corrected chi connectivity index (χ3v) is 5.75. The van der Waals surface area contributed by atoms with Gasteiger partial charge in [0.15, 0.2) is 0 Å². The number of likely N-dealkylation sites (tertiary alicyclic amines) is 1. The van der Waals surface area contributed by atoms with Crippen molar-refractivity contribution < 1.29 is 29.3 Å². The molecule has 4 amide bonds. The number of anilines is 3. The fraction of sp³-hybridized carbons (Fsp3) is 0.318. The van der Waals surface area contributed by atoms with Crippen LogP contribution in [0.3, 0.4) is 0 Å². The molecular weight excluding hydrogens is 452 g/mol. The summed E-state index contributed by atoms with van der Waals surface area (Å²) in [6.45, 7) is 0.694. The van der Waals surface area contributed by atoms with Gasteiger partial charge in [0.05, 0.1) is 13.2 Å². The van der Waals surface area contributed by atoms with Crippen molar-refractivity contribution >= 4 is 46.5 Å². The van der Waals surface area contributed by atoms with Crippen LogP contribution in [-0.4, -0.2) is 77.5 Å². The molecule has 4 N–H and O–H groups in total. The van der Waals surface area contributed by atoms with Crippen molar-refractivity contribution in [3.8, 4) is 0 Å². The van der Waals surface area contributed by atoms with Gasteiger partial charge in [-0.2, -0.15) is 0 Å². The molecule has 4 rings (SSSR count). The van der Waals surface area contributed by atoms with Crippen LogP contribution in [0.1, 0.15) is 0 Å². The Hall–Kier alpha value is -3.18. The molecule has 0 unspecified atom stereocenters. The molecule has 0 spiro atoms. The minimum Gasteiger partial charge on any atom is -0.388 e. The number of nitrogens with one attached hydrogen (secondary N) is 2. The molecule has 2 saturated heterocycles. The molecule has 2 aliphatic heterocycles. The standard InChI is InChI=1S/C22H23ClN4O6/c23-13-1-3-15(4-2-13)25-22(32)27-11-17(28)20(30)19(27)21(31)24-14-5-7-16(8-6-14)26-9-10-33-12-18(26)29/h1-8,17,19-20,28,30H,9-12H2,(H,24,31)(H,25,32)/t17-,19-,20-/m1/s1. The van der Waals surface area contributed by atoms with Gasteiger partial charge in [-0.15, -0.1) is 0 Å². The van der Waals surface area contributed by atoms with Gasteiger partial charge in [-0.3, -0.25) is 9.59 Å². The van der Waals surface area contributed by atoms with E-state index in [4.69, 9.17) is 16.3 Å². The van der Waals surface area contributed by atoms with E-state index in [9.17, 15) is 24.6 Å². The Kier molecular flexibility index (Phi) is 6.80. The summed E-state index contributed by atoms with van der Waals surface area (Å²) >= 11 is 5.85. The Morgan fingerprint density at radius 1 is 1.00 bits per heavy atom. The molecule has 2 fully saturated rings. The van der Waals surface area contributed by atoms with Crippen molar-refractivity contribution in [3.63, 3.8) is 0 Å². The fourth-order valence-corrected chi connectivity index (χ4v) is 3.91. The Balaban J connectivity index is 1.44. The van der Waals surface area contributed by atoms with Gasteiger partial charge in [-0.1, -0.05) is 11.6 Å². The second kappa shape index (κ2) is 9.75. The van der Waals surface area contributed by atoms with Gasteiger partial charge >= 0.3 is 6.03 Å². The Labute approximate surface area is 194 Å².